The Balaban J connectivity index is 4.50. The molecule has 326 valence electrons. The van der Waals surface area contributed by atoms with Crippen LogP contribution in [0.25, 0.3) is 0 Å². The molecule has 0 fully saturated rings. The number of ether oxygens (including phenoxy) is 3. The van der Waals surface area contributed by atoms with Crippen molar-refractivity contribution in [2.75, 3.05) is 13.2 Å². The molecule has 0 rings (SSSR count). The van der Waals surface area contributed by atoms with Crippen LogP contribution in [0.5, 0.6) is 0 Å². The Morgan fingerprint density at radius 2 is 0.707 bits per heavy atom. The van der Waals surface area contributed by atoms with Crippen LogP contribution in [0.3, 0.4) is 0 Å². The molecule has 0 aromatic rings. The lowest BCUT2D eigenvalue weighted by molar-refractivity contribution is -0.167. The minimum Gasteiger partial charge on any atom is -0.462 e. The van der Waals surface area contributed by atoms with E-state index in [0.29, 0.717) is 19.3 Å². The molecule has 6 heteroatoms. The average Bonchev–Trinajstić information content (AvgIpc) is 3.22. The fourth-order valence-electron chi connectivity index (χ4n) is 5.78. The maximum Gasteiger partial charge on any atom is 0.306 e. The first-order valence-electron chi connectivity index (χ1n) is 23.0. The van der Waals surface area contributed by atoms with Crippen LogP contribution >= 0.6 is 0 Å². The normalized spacial score (nSPS) is 13.1. The van der Waals surface area contributed by atoms with Crippen LogP contribution in [0.1, 0.15) is 181 Å². The summed E-state index contributed by atoms with van der Waals surface area (Å²) in [6, 6.07) is 0. The molecule has 0 bridgehead atoms. The molecule has 0 spiro atoms. The molecular formula is C52H82O6. The maximum absolute atomic E-state index is 12.7. The van der Waals surface area contributed by atoms with Gasteiger partial charge in [0.05, 0.1) is 0 Å². The van der Waals surface area contributed by atoms with Crippen molar-refractivity contribution in [1.29, 1.82) is 0 Å². The quantitative estimate of drug-likeness (QED) is 0.0202. The van der Waals surface area contributed by atoms with E-state index >= 15 is 0 Å². The van der Waals surface area contributed by atoms with Crippen molar-refractivity contribution < 1.29 is 28.6 Å². The number of unbranched alkanes of at least 4 members (excludes halogenated alkanes) is 15. The van der Waals surface area contributed by atoms with Gasteiger partial charge in [-0.05, 0) is 83.5 Å². The molecule has 6 nitrogen and oxygen atoms in total. The largest absolute Gasteiger partial charge is 0.462 e. The van der Waals surface area contributed by atoms with E-state index in [1.807, 2.05) is 36.5 Å². The fourth-order valence-corrected chi connectivity index (χ4v) is 5.78. The van der Waals surface area contributed by atoms with Crippen LogP contribution in [-0.2, 0) is 28.6 Å². The Hall–Kier alpha value is -3.93. The van der Waals surface area contributed by atoms with E-state index in [0.717, 1.165) is 109 Å². The zero-order chi connectivity index (χ0) is 42.3. The van der Waals surface area contributed by atoms with Gasteiger partial charge in [0.2, 0.25) is 0 Å². The van der Waals surface area contributed by atoms with Crippen LogP contribution in [0.2, 0.25) is 0 Å². The molecule has 0 aromatic heterocycles. The van der Waals surface area contributed by atoms with Crippen molar-refractivity contribution in [2.24, 2.45) is 0 Å². The molecule has 1 unspecified atom stereocenters. The van der Waals surface area contributed by atoms with Crippen molar-refractivity contribution in [2.45, 2.75) is 187 Å². The third-order valence-electron chi connectivity index (χ3n) is 9.16. The minimum atomic E-state index is -0.809. The molecule has 0 aliphatic heterocycles. The van der Waals surface area contributed by atoms with Crippen molar-refractivity contribution in [3.63, 3.8) is 0 Å². The zero-order valence-corrected chi connectivity index (χ0v) is 37.0. The molecule has 0 saturated heterocycles. The van der Waals surface area contributed by atoms with Gasteiger partial charge in [-0.25, -0.2) is 0 Å². The number of hydrogen-bond acceptors (Lipinski definition) is 6. The Kier molecular flexibility index (Phi) is 42.7. The lowest BCUT2D eigenvalue weighted by Gasteiger charge is -2.18. The molecule has 0 aliphatic rings. The van der Waals surface area contributed by atoms with E-state index in [4.69, 9.17) is 14.2 Å². The van der Waals surface area contributed by atoms with Gasteiger partial charge in [-0.15, -0.1) is 0 Å². The van der Waals surface area contributed by atoms with Gasteiger partial charge in [0.1, 0.15) is 13.2 Å². The smallest absolute Gasteiger partial charge is 0.306 e. The molecule has 1 atom stereocenters. The Bertz CT molecular complexity index is 1240. The van der Waals surface area contributed by atoms with Crippen molar-refractivity contribution in [3.8, 4) is 0 Å². The second kappa shape index (κ2) is 45.8. The van der Waals surface area contributed by atoms with Gasteiger partial charge in [0.25, 0.3) is 0 Å². The number of esters is 3. The van der Waals surface area contributed by atoms with E-state index < -0.39 is 6.10 Å². The second-order valence-corrected chi connectivity index (χ2v) is 14.7. The van der Waals surface area contributed by atoms with Crippen molar-refractivity contribution in [1.82, 2.24) is 0 Å². The standard InChI is InChI=1S/C52H82O6/c1-4-7-10-13-16-19-22-25-26-28-30-33-36-39-42-45-51(54)57-48-49(47-56-50(53)44-41-38-35-32-29-24-21-18-15-12-9-6-3)58-52(55)46-43-40-37-34-31-27-23-20-17-14-11-8-5-2/h7-14,16-23,27,31,49H,4-6,15,24-26,28-30,32-48H2,1-3H3/b10-7-,11-8-,12-9-,16-13-,17-14-,21-18-,22-19-,23-20-,31-27-. The third-order valence-corrected chi connectivity index (χ3v) is 9.16. The number of carbonyl (C=O) groups excluding carboxylic acids is 3. The first-order valence-corrected chi connectivity index (χ1v) is 23.0. The second-order valence-electron chi connectivity index (χ2n) is 14.7. The number of allylic oxidation sites excluding steroid dienone is 18. The van der Waals surface area contributed by atoms with Gasteiger partial charge < -0.3 is 14.2 Å². The molecule has 0 heterocycles. The molecule has 0 N–H and O–H groups in total. The Morgan fingerprint density at radius 3 is 1.17 bits per heavy atom. The maximum atomic E-state index is 12.7. The van der Waals surface area contributed by atoms with E-state index in [1.54, 1.807) is 0 Å². The molecule has 0 saturated carbocycles. The molecule has 58 heavy (non-hydrogen) atoms. The highest BCUT2D eigenvalue weighted by molar-refractivity contribution is 5.71. The highest BCUT2D eigenvalue weighted by Crippen LogP contribution is 2.13. The highest BCUT2D eigenvalue weighted by atomic mass is 16.6. The van der Waals surface area contributed by atoms with Crippen molar-refractivity contribution >= 4 is 17.9 Å². The monoisotopic (exact) mass is 803 g/mol. The summed E-state index contributed by atoms with van der Waals surface area (Å²) in [6.07, 6.45) is 60.7. The fraction of sp³-hybridized carbons (Fsp3) is 0.596. The van der Waals surface area contributed by atoms with Gasteiger partial charge in [0.15, 0.2) is 6.10 Å². The number of carbonyl (C=O) groups is 3. The highest BCUT2D eigenvalue weighted by Gasteiger charge is 2.19. The third kappa shape index (κ3) is 43.2. The Morgan fingerprint density at radius 1 is 0.362 bits per heavy atom. The first-order chi connectivity index (χ1) is 28.5. The molecule has 0 radical (unpaired) electrons. The summed E-state index contributed by atoms with van der Waals surface area (Å²) in [5.74, 6) is -0.985. The predicted octanol–water partition coefficient (Wildman–Crippen LogP) is 14.8. The summed E-state index contributed by atoms with van der Waals surface area (Å²) < 4.78 is 16.7. The predicted molar refractivity (Wildman–Crippen MR) is 247 cm³/mol. The van der Waals surface area contributed by atoms with Gasteiger partial charge in [-0.1, -0.05) is 188 Å². The Labute approximate surface area is 355 Å². The minimum absolute atomic E-state index is 0.108. The van der Waals surface area contributed by atoms with E-state index in [-0.39, 0.29) is 37.5 Å². The molecule has 0 aromatic carbocycles. The molecular weight excluding hydrogens is 721 g/mol. The summed E-state index contributed by atoms with van der Waals surface area (Å²) in [5.41, 5.74) is 0. The van der Waals surface area contributed by atoms with Gasteiger partial charge in [-0.3, -0.25) is 14.4 Å². The van der Waals surface area contributed by atoms with E-state index in [9.17, 15) is 14.4 Å². The van der Waals surface area contributed by atoms with Crippen LogP contribution in [0, 0.1) is 0 Å². The molecule has 0 aliphatic carbocycles. The lowest BCUT2D eigenvalue weighted by Crippen LogP contribution is -2.30. The van der Waals surface area contributed by atoms with Crippen LogP contribution in [0.4, 0.5) is 0 Å². The number of hydrogen-bond donors (Lipinski definition) is 0. The lowest BCUT2D eigenvalue weighted by atomic mass is 10.1. The van der Waals surface area contributed by atoms with E-state index in [2.05, 4.69) is 93.7 Å². The first kappa shape index (κ1) is 54.1. The summed E-state index contributed by atoms with van der Waals surface area (Å²) in [7, 11) is 0. The van der Waals surface area contributed by atoms with Gasteiger partial charge >= 0.3 is 17.9 Å². The van der Waals surface area contributed by atoms with Crippen LogP contribution in [-0.4, -0.2) is 37.2 Å². The number of rotatable bonds is 39. The summed E-state index contributed by atoms with van der Waals surface area (Å²) in [6.45, 7) is 6.17. The van der Waals surface area contributed by atoms with Crippen molar-refractivity contribution in [3.05, 3.63) is 109 Å². The summed E-state index contributed by atoms with van der Waals surface area (Å²) in [4.78, 5) is 37.8. The average molecular weight is 803 g/mol. The van der Waals surface area contributed by atoms with Gasteiger partial charge in [0, 0.05) is 19.3 Å². The summed E-state index contributed by atoms with van der Waals surface area (Å²) in [5, 5.41) is 0. The zero-order valence-electron chi connectivity index (χ0n) is 37.0. The SMILES string of the molecule is CC\C=C/C=C\C=C/C=C\CCCCCC(=O)OC(COC(=O)CCCCCCC/C=C\C/C=C\CC)COC(=O)CCCCCCCCC\C=C/C=C\C=C/CC. The van der Waals surface area contributed by atoms with Crippen LogP contribution < -0.4 is 0 Å². The topological polar surface area (TPSA) is 78.9 Å². The summed E-state index contributed by atoms with van der Waals surface area (Å²) >= 11 is 0. The van der Waals surface area contributed by atoms with E-state index in [1.165, 1.54) is 25.7 Å². The van der Waals surface area contributed by atoms with Gasteiger partial charge in [-0.2, -0.15) is 0 Å². The molecule has 0 amide bonds. The van der Waals surface area contributed by atoms with Crippen LogP contribution in [0.15, 0.2) is 109 Å².